The average molecular weight is 538 g/mol. The highest BCUT2D eigenvalue weighted by Gasteiger charge is 2.35. The zero-order valence-corrected chi connectivity index (χ0v) is 20.8. The molecule has 0 spiro atoms. The molecule has 0 saturated carbocycles. The zero-order chi connectivity index (χ0) is 26.7. The van der Waals surface area contributed by atoms with Crippen LogP contribution in [0.25, 0.3) is 10.9 Å². The van der Waals surface area contributed by atoms with E-state index in [2.05, 4.69) is 14.7 Å². The molecule has 1 fully saturated rings. The number of fused-ring (bicyclic) bond motifs is 1. The van der Waals surface area contributed by atoms with Crippen LogP contribution in [0.2, 0.25) is 0 Å². The van der Waals surface area contributed by atoms with Crippen molar-refractivity contribution in [1.29, 1.82) is 0 Å². The van der Waals surface area contributed by atoms with Gasteiger partial charge in [0.15, 0.2) is 0 Å². The average Bonchev–Trinajstić information content (AvgIpc) is 2.95. The Balaban J connectivity index is 1.29. The minimum atomic E-state index is -4.67. The summed E-state index contributed by atoms with van der Waals surface area (Å²) >= 11 is 1.03. The number of piperazine rings is 1. The van der Waals surface area contributed by atoms with Gasteiger partial charge in [-0.3, -0.25) is 19.6 Å². The molecule has 194 valence electrons. The second kappa shape index (κ2) is 10.7. The number of aromatic nitrogens is 2. The molecule has 0 bridgehead atoms. The number of hydrogen-bond donors (Lipinski definition) is 1. The molecule has 2 aromatic heterocycles. The van der Waals surface area contributed by atoms with E-state index in [0.717, 1.165) is 23.4 Å². The first-order valence-corrected chi connectivity index (χ1v) is 12.6. The monoisotopic (exact) mass is 537 g/mol. The Morgan fingerprint density at radius 1 is 0.816 bits per heavy atom. The Morgan fingerprint density at radius 2 is 1.47 bits per heavy atom. The van der Waals surface area contributed by atoms with Crippen molar-refractivity contribution in [3.8, 4) is 0 Å². The summed E-state index contributed by atoms with van der Waals surface area (Å²) in [6.07, 6.45) is 0.0110. The summed E-state index contributed by atoms with van der Waals surface area (Å²) in [5, 5.41) is 0.874. The molecule has 11 heteroatoms. The Kier molecular flexibility index (Phi) is 7.19. The van der Waals surface area contributed by atoms with Crippen molar-refractivity contribution in [2.75, 3.05) is 30.9 Å². The molecule has 0 atom stereocenters. The van der Waals surface area contributed by atoms with Crippen molar-refractivity contribution in [1.82, 2.24) is 19.8 Å². The number of halogens is 3. The second-order valence-electron chi connectivity index (χ2n) is 8.61. The van der Waals surface area contributed by atoms with E-state index in [1.54, 1.807) is 35.4 Å². The summed E-state index contributed by atoms with van der Waals surface area (Å²) in [5.41, 5.74) is 0.0214. The molecule has 0 radical (unpaired) electrons. The summed E-state index contributed by atoms with van der Waals surface area (Å²) in [4.78, 5) is 37.7. The number of carbonyl (C=O) groups is 2. The number of rotatable bonds is 5. The fourth-order valence-corrected chi connectivity index (χ4v) is 5.05. The van der Waals surface area contributed by atoms with E-state index in [9.17, 15) is 22.8 Å². The molecule has 1 aliphatic rings. The fourth-order valence-electron chi connectivity index (χ4n) is 4.24. The predicted octanol–water partition coefficient (Wildman–Crippen LogP) is 5.37. The highest BCUT2D eigenvalue weighted by molar-refractivity contribution is 8.00. The van der Waals surface area contributed by atoms with Crippen LogP contribution < -0.4 is 4.72 Å². The molecular weight excluding hydrogens is 515 g/mol. The molecule has 2 aromatic carbocycles. The number of nitrogens with one attached hydrogen (secondary N) is 1. The maximum Gasteiger partial charge on any atom is 0.418 e. The topological polar surface area (TPSA) is 78.4 Å². The van der Waals surface area contributed by atoms with Crippen LogP contribution in [0.3, 0.4) is 0 Å². The number of para-hydroxylation sites is 1. The van der Waals surface area contributed by atoms with Crippen molar-refractivity contribution in [2.45, 2.75) is 11.1 Å². The van der Waals surface area contributed by atoms with Gasteiger partial charge in [-0.05, 0) is 54.4 Å². The second-order valence-corrected chi connectivity index (χ2v) is 9.46. The van der Waals surface area contributed by atoms with Gasteiger partial charge in [0.25, 0.3) is 11.8 Å². The van der Waals surface area contributed by atoms with Crippen molar-refractivity contribution < 1.29 is 22.8 Å². The Labute approximate surface area is 220 Å². The first kappa shape index (κ1) is 25.5. The zero-order valence-electron chi connectivity index (χ0n) is 20.0. The third-order valence-electron chi connectivity index (χ3n) is 6.22. The van der Waals surface area contributed by atoms with E-state index in [1.165, 1.54) is 29.4 Å². The van der Waals surface area contributed by atoms with Gasteiger partial charge in [0, 0.05) is 61.3 Å². The smallest absolute Gasteiger partial charge is 0.335 e. The Hall–Kier alpha value is -4.12. The van der Waals surface area contributed by atoms with Crippen LogP contribution in [0.5, 0.6) is 0 Å². The minimum Gasteiger partial charge on any atom is -0.335 e. The number of benzene rings is 2. The van der Waals surface area contributed by atoms with Gasteiger partial charge >= 0.3 is 6.18 Å². The predicted molar refractivity (Wildman–Crippen MR) is 139 cm³/mol. The van der Waals surface area contributed by atoms with Gasteiger partial charge in [0.1, 0.15) is 0 Å². The van der Waals surface area contributed by atoms with Gasteiger partial charge in [-0.2, -0.15) is 13.2 Å². The lowest BCUT2D eigenvalue weighted by Gasteiger charge is -2.35. The van der Waals surface area contributed by atoms with Gasteiger partial charge in [-0.1, -0.05) is 18.2 Å². The van der Waals surface area contributed by atoms with Crippen molar-refractivity contribution in [3.05, 3.63) is 95.9 Å². The van der Waals surface area contributed by atoms with E-state index in [1.807, 2.05) is 18.2 Å². The van der Waals surface area contributed by atoms with E-state index in [0.29, 0.717) is 16.0 Å². The minimum absolute atomic E-state index is 0.0615. The van der Waals surface area contributed by atoms with E-state index < -0.39 is 17.6 Å². The molecule has 3 heterocycles. The standard InChI is InChI=1S/C27H22F3N5O2S/c28-27(29,30)21-17-20(6-7-22(21)33-38-23-5-1-3-18-4-2-10-32-24(18)23)26(37)35-15-13-34(14-16-35)25(36)19-8-11-31-12-9-19/h1-12,17,33H,13-16H2. The normalized spacial score (nSPS) is 14.0. The maximum atomic E-state index is 14.0. The van der Waals surface area contributed by atoms with Crippen LogP contribution in [-0.2, 0) is 6.18 Å². The Morgan fingerprint density at radius 3 is 2.16 bits per heavy atom. The maximum absolute atomic E-state index is 14.0. The number of carbonyl (C=O) groups excluding carboxylic acids is 2. The molecule has 38 heavy (non-hydrogen) atoms. The number of anilines is 1. The van der Waals surface area contributed by atoms with E-state index in [4.69, 9.17) is 0 Å². The summed E-state index contributed by atoms with van der Waals surface area (Å²) in [7, 11) is 0. The molecule has 1 N–H and O–H groups in total. The van der Waals surface area contributed by atoms with Crippen LogP contribution in [0.15, 0.2) is 84.1 Å². The van der Waals surface area contributed by atoms with Crippen LogP contribution in [-0.4, -0.2) is 57.8 Å². The van der Waals surface area contributed by atoms with Crippen LogP contribution in [0.4, 0.5) is 18.9 Å². The fraction of sp³-hybridized carbons (Fsp3) is 0.185. The van der Waals surface area contributed by atoms with Gasteiger partial charge in [0.05, 0.1) is 21.7 Å². The highest BCUT2D eigenvalue weighted by Crippen LogP contribution is 2.38. The number of hydrogen-bond acceptors (Lipinski definition) is 6. The quantitative estimate of drug-likeness (QED) is 0.345. The largest absolute Gasteiger partial charge is 0.418 e. The molecule has 0 aliphatic carbocycles. The highest BCUT2D eigenvalue weighted by atomic mass is 32.2. The summed E-state index contributed by atoms with van der Waals surface area (Å²) in [5.74, 6) is -0.683. The molecular formula is C27H22F3N5O2S. The van der Waals surface area contributed by atoms with Crippen LogP contribution in [0.1, 0.15) is 26.3 Å². The molecule has 0 unspecified atom stereocenters. The molecule has 7 nitrogen and oxygen atoms in total. The number of nitrogens with zero attached hydrogens (tertiary/aromatic N) is 4. The summed E-state index contributed by atoms with van der Waals surface area (Å²) < 4.78 is 44.7. The third-order valence-corrected chi connectivity index (χ3v) is 7.09. The van der Waals surface area contributed by atoms with Crippen molar-refractivity contribution >= 4 is 40.4 Å². The van der Waals surface area contributed by atoms with E-state index >= 15 is 0 Å². The Bertz CT molecular complexity index is 1470. The molecule has 1 aliphatic heterocycles. The van der Waals surface area contributed by atoms with E-state index in [-0.39, 0.29) is 43.3 Å². The van der Waals surface area contributed by atoms with Crippen molar-refractivity contribution in [2.24, 2.45) is 0 Å². The number of pyridine rings is 2. The number of amides is 2. The molecule has 4 aromatic rings. The van der Waals surface area contributed by atoms with Crippen molar-refractivity contribution in [3.63, 3.8) is 0 Å². The first-order chi connectivity index (χ1) is 18.3. The summed E-state index contributed by atoms with van der Waals surface area (Å²) in [6.45, 7) is 1.02. The lowest BCUT2D eigenvalue weighted by Crippen LogP contribution is -2.50. The van der Waals surface area contributed by atoms with Crippen LogP contribution in [0, 0.1) is 0 Å². The lowest BCUT2D eigenvalue weighted by atomic mass is 10.1. The van der Waals surface area contributed by atoms with Gasteiger partial charge in [-0.25, -0.2) is 0 Å². The van der Waals surface area contributed by atoms with Crippen LogP contribution >= 0.6 is 11.9 Å². The first-order valence-electron chi connectivity index (χ1n) is 11.8. The lowest BCUT2D eigenvalue weighted by molar-refractivity contribution is -0.136. The molecule has 1 saturated heterocycles. The van der Waals surface area contributed by atoms with Gasteiger partial charge in [-0.15, -0.1) is 0 Å². The van der Waals surface area contributed by atoms with Gasteiger partial charge in [0.2, 0.25) is 0 Å². The van der Waals surface area contributed by atoms with Gasteiger partial charge < -0.3 is 14.5 Å². The molecule has 2 amide bonds. The summed E-state index contributed by atoms with van der Waals surface area (Å²) in [6, 6.07) is 15.9. The SMILES string of the molecule is O=C(c1ccncc1)N1CCN(C(=O)c2ccc(NSc3cccc4cccnc34)c(C(F)(F)F)c2)CC1. The number of alkyl halides is 3. The molecule has 5 rings (SSSR count). The third kappa shape index (κ3) is 5.42.